The molecule has 7 nitrogen and oxygen atoms in total. The predicted molar refractivity (Wildman–Crippen MR) is 97.5 cm³/mol. The number of carbonyl (C=O) groups is 1. The SMILES string of the molecule is CN(Cc1ccc(C(F)(F)F)cc1)C(=O)c1ccn(-c2cccc([N+](=O)[O-])c2)n1. The summed E-state index contributed by atoms with van der Waals surface area (Å²) in [5.74, 6) is -0.436. The molecule has 3 aromatic rings. The van der Waals surface area contributed by atoms with Gasteiger partial charge in [-0.2, -0.15) is 18.3 Å². The fraction of sp³-hybridized carbons (Fsp3) is 0.158. The molecule has 0 saturated heterocycles. The van der Waals surface area contributed by atoms with Crippen molar-refractivity contribution in [2.24, 2.45) is 0 Å². The third-order valence-electron chi connectivity index (χ3n) is 4.16. The van der Waals surface area contributed by atoms with Gasteiger partial charge < -0.3 is 4.90 Å². The van der Waals surface area contributed by atoms with Crippen LogP contribution in [-0.4, -0.2) is 32.6 Å². The van der Waals surface area contributed by atoms with Crippen LogP contribution in [0.3, 0.4) is 0 Å². The van der Waals surface area contributed by atoms with E-state index in [0.29, 0.717) is 11.3 Å². The van der Waals surface area contributed by atoms with Crippen LogP contribution < -0.4 is 0 Å². The Kier molecular flexibility index (Phi) is 5.35. The zero-order valence-electron chi connectivity index (χ0n) is 15.1. The highest BCUT2D eigenvalue weighted by Gasteiger charge is 2.30. The second kappa shape index (κ2) is 7.74. The first-order valence-corrected chi connectivity index (χ1v) is 8.37. The molecule has 0 saturated carbocycles. The summed E-state index contributed by atoms with van der Waals surface area (Å²) in [6, 6.07) is 11.8. The average Bonchev–Trinajstić information content (AvgIpc) is 3.17. The van der Waals surface area contributed by atoms with E-state index in [4.69, 9.17) is 0 Å². The van der Waals surface area contributed by atoms with Crippen molar-refractivity contribution >= 4 is 11.6 Å². The van der Waals surface area contributed by atoms with Crippen molar-refractivity contribution < 1.29 is 22.9 Å². The predicted octanol–water partition coefficient (Wildman–Crippen LogP) is 4.07. The lowest BCUT2D eigenvalue weighted by Crippen LogP contribution is -2.26. The van der Waals surface area contributed by atoms with Crippen molar-refractivity contribution in [1.29, 1.82) is 0 Å². The second-order valence-corrected chi connectivity index (χ2v) is 6.28. The zero-order chi connectivity index (χ0) is 21.2. The molecule has 0 bridgehead atoms. The highest BCUT2D eigenvalue weighted by molar-refractivity contribution is 5.92. The van der Waals surface area contributed by atoms with Crippen LogP contribution in [0.15, 0.2) is 60.8 Å². The number of halogens is 3. The summed E-state index contributed by atoms with van der Waals surface area (Å²) in [6.07, 6.45) is -2.92. The summed E-state index contributed by atoms with van der Waals surface area (Å²) in [5, 5.41) is 15.0. The van der Waals surface area contributed by atoms with Gasteiger partial charge in [-0.1, -0.05) is 18.2 Å². The Hall–Kier alpha value is -3.69. The number of amides is 1. The maximum Gasteiger partial charge on any atom is 0.416 e. The first-order chi connectivity index (χ1) is 13.6. The molecule has 0 aliphatic heterocycles. The minimum absolute atomic E-state index is 0.0979. The van der Waals surface area contributed by atoms with E-state index in [-0.39, 0.29) is 17.9 Å². The molecule has 0 fully saturated rings. The van der Waals surface area contributed by atoms with Crippen molar-refractivity contribution in [3.8, 4) is 5.69 Å². The van der Waals surface area contributed by atoms with E-state index < -0.39 is 22.6 Å². The number of nitro groups is 1. The normalized spacial score (nSPS) is 11.3. The summed E-state index contributed by atoms with van der Waals surface area (Å²) in [5.41, 5.74) is 0.192. The van der Waals surface area contributed by atoms with Crippen LogP contribution >= 0.6 is 0 Å². The van der Waals surface area contributed by atoms with Gasteiger partial charge in [0.25, 0.3) is 11.6 Å². The summed E-state index contributed by atoms with van der Waals surface area (Å²) >= 11 is 0. The van der Waals surface area contributed by atoms with E-state index in [1.54, 1.807) is 6.07 Å². The van der Waals surface area contributed by atoms with Gasteiger partial charge >= 0.3 is 6.18 Å². The third-order valence-corrected chi connectivity index (χ3v) is 4.16. The minimum atomic E-state index is -4.42. The molecule has 1 amide bonds. The molecule has 1 aromatic heterocycles. The molecule has 2 aromatic carbocycles. The molecular formula is C19H15F3N4O3. The number of alkyl halides is 3. The van der Waals surface area contributed by atoms with Crippen LogP contribution in [0.2, 0.25) is 0 Å². The number of nitro benzene ring substituents is 1. The van der Waals surface area contributed by atoms with Gasteiger partial charge in [0.05, 0.1) is 16.2 Å². The zero-order valence-corrected chi connectivity index (χ0v) is 15.1. The smallest absolute Gasteiger partial charge is 0.336 e. The van der Waals surface area contributed by atoms with Crippen molar-refractivity contribution in [3.63, 3.8) is 0 Å². The Morgan fingerprint density at radius 1 is 1.17 bits per heavy atom. The lowest BCUT2D eigenvalue weighted by molar-refractivity contribution is -0.384. The molecule has 0 aliphatic carbocycles. The molecule has 0 atom stereocenters. The Balaban J connectivity index is 1.72. The van der Waals surface area contributed by atoms with E-state index in [0.717, 1.165) is 12.1 Å². The van der Waals surface area contributed by atoms with Gasteiger partial charge in [-0.3, -0.25) is 14.9 Å². The molecule has 1 heterocycles. The van der Waals surface area contributed by atoms with Gasteiger partial charge in [0.15, 0.2) is 5.69 Å². The van der Waals surface area contributed by atoms with E-state index in [2.05, 4.69) is 5.10 Å². The molecular weight excluding hydrogens is 389 g/mol. The summed E-state index contributed by atoms with van der Waals surface area (Å²) in [7, 11) is 1.51. The van der Waals surface area contributed by atoms with Crippen LogP contribution in [0, 0.1) is 10.1 Å². The lowest BCUT2D eigenvalue weighted by Gasteiger charge is -2.16. The molecule has 0 unspecified atom stereocenters. The second-order valence-electron chi connectivity index (χ2n) is 6.28. The highest BCUT2D eigenvalue weighted by Crippen LogP contribution is 2.29. The first-order valence-electron chi connectivity index (χ1n) is 8.37. The molecule has 0 spiro atoms. The van der Waals surface area contributed by atoms with Crippen LogP contribution in [0.25, 0.3) is 5.69 Å². The minimum Gasteiger partial charge on any atom is -0.336 e. The topological polar surface area (TPSA) is 81.3 Å². The Morgan fingerprint density at radius 3 is 2.48 bits per heavy atom. The van der Waals surface area contributed by atoms with Crippen molar-refractivity contribution in [3.05, 3.63) is 87.7 Å². The number of rotatable bonds is 5. The van der Waals surface area contributed by atoms with Crippen LogP contribution in [-0.2, 0) is 12.7 Å². The van der Waals surface area contributed by atoms with Crippen molar-refractivity contribution in [2.45, 2.75) is 12.7 Å². The third kappa shape index (κ3) is 4.60. The molecule has 10 heteroatoms. The van der Waals surface area contributed by atoms with E-state index in [9.17, 15) is 28.1 Å². The summed E-state index contributed by atoms with van der Waals surface area (Å²) in [4.78, 5) is 24.2. The summed E-state index contributed by atoms with van der Waals surface area (Å²) in [6.45, 7) is 0.0979. The highest BCUT2D eigenvalue weighted by atomic mass is 19.4. The fourth-order valence-electron chi connectivity index (χ4n) is 2.67. The van der Waals surface area contributed by atoms with Crippen molar-refractivity contribution in [1.82, 2.24) is 14.7 Å². The maximum atomic E-state index is 12.6. The first kappa shape index (κ1) is 20.1. The van der Waals surface area contributed by atoms with Gasteiger partial charge in [0, 0.05) is 31.9 Å². The number of nitrogens with zero attached hydrogens (tertiary/aromatic N) is 4. The number of hydrogen-bond donors (Lipinski definition) is 0. The fourth-order valence-corrected chi connectivity index (χ4v) is 2.67. The molecule has 0 aliphatic rings. The Labute approximate surface area is 163 Å². The molecule has 0 radical (unpaired) electrons. The number of carbonyl (C=O) groups excluding carboxylic acids is 1. The number of benzene rings is 2. The molecule has 0 N–H and O–H groups in total. The van der Waals surface area contributed by atoms with Gasteiger partial charge in [0.2, 0.25) is 0 Å². The quantitative estimate of drug-likeness (QED) is 0.474. The monoisotopic (exact) mass is 404 g/mol. The van der Waals surface area contributed by atoms with Crippen LogP contribution in [0.5, 0.6) is 0 Å². The maximum absolute atomic E-state index is 12.6. The number of aromatic nitrogens is 2. The van der Waals surface area contributed by atoms with Gasteiger partial charge in [-0.15, -0.1) is 0 Å². The molecule has 150 valence electrons. The molecule has 3 rings (SSSR count). The number of hydrogen-bond acceptors (Lipinski definition) is 4. The average molecular weight is 404 g/mol. The van der Waals surface area contributed by atoms with Crippen molar-refractivity contribution in [2.75, 3.05) is 7.05 Å². The molecule has 29 heavy (non-hydrogen) atoms. The number of non-ortho nitro benzene ring substituents is 1. The van der Waals surface area contributed by atoms with E-state index in [1.807, 2.05) is 0 Å². The Bertz CT molecular complexity index is 1050. The van der Waals surface area contributed by atoms with E-state index in [1.165, 1.54) is 59.2 Å². The lowest BCUT2D eigenvalue weighted by atomic mass is 10.1. The van der Waals surface area contributed by atoms with Gasteiger partial charge in [0.1, 0.15) is 0 Å². The van der Waals surface area contributed by atoms with Gasteiger partial charge in [-0.05, 0) is 29.8 Å². The summed E-state index contributed by atoms with van der Waals surface area (Å²) < 4.78 is 39.2. The largest absolute Gasteiger partial charge is 0.416 e. The van der Waals surface area contributed by atoms with Crippen LogP contribution in [0.1, 0.15) is 21.6 Å². The van der Waals surface area contributed by atoms with Crippen LogP contribution in [0.4, 0.5) is 18.9 Å². The Morgan fingerprint density at radius 2 is 1.86 bits per heavy atom. The standard InChI is InChI=1S/C19H15F3N4O3/c1-24(12-13-5-7-14(8-6-13)19(20,21)22)18(27)17-9-10-25(23-17)15-3-2-4-16(11-15)26(28)29/h2-11H,12H2,1H3. The van der Waals surface area contributed by atoms with E-state index >= 15 is 0 Å². The van der Waals surface area contributed by atoms with Gasteiger partial charge in [-0.25, -0.2) is 4.68 Å².